The van der Waals surface area contributed by atoms with Crippen LogP contribution < -0.4 is 4.74 Å². The van der Waals surface area contributed by atoms with Crippen molar-refractivity contribution in [2.45, 2.75) is 30.3 Å². The standard InChI is InChI=1S/C19H14F3NO5S/c1-10(24)27-18-17-14(8-19(18,21)22)15(3-4-16(17)29(2,25)26)28-13-6-11(9-23)5-12(20)7-13/h3-7,18H,8H2,1-2H3/t18-/m0/s1. The summed E-state index contributed by atoms with van der Waals surface area (Å²) in [5.41, 5.74) is -0.596. The molecular weight excluding hydrogens is 411 g/mol. The monoisotopic (exact) mass is 425 g/mol. The average molecular weight is 425 g/mol. The summed E-state index contributed by atoms with van der Waals surface area (Å²) >= 11 is 0. The van der Waals surface area contributed by atoms with E-state index in [0.29, 0.717) is 0 Å². The van der Waals surface area contributed by atoms with Crippen LogP contribution in [0.15, 0.2) is 35.2 Å². The van der Waals surface area contributed by atoms with E-state index in [-0.39, 0.29) is 28.2 Å². The molecule has 1 atom stereocenters. The van der Waals surface area contributed by atoms with Crippen LogP contribution >= 0.6 is 0 Å². The molecule has 0 N–H and O–H groups in total. The highest BCUT2D eigenvalue weighted by Gasteiger charge is 2.53. The Labute approximate surface area is 164 Å². The van der Waals surface area contributed by atoms with Gasteiger partial charge in [-0.1, -0.05) is 0 Å². The molecule has 0 fully saturated rings. The normalized spacial score (nSPS) is 17.3. The van der Waals surface area contributed by atoms with E-state index < -0.39 is 45.0 Å². The van der Waals surface area contributed by atoms with Gasteiger partial charge in [-0.3, -0.25) is 4.79 Å². The first-order valence-electron chi connectivity index (χ1n) is 8.22. The summed E-state index contributed by atoms with van der Waals surface area (Å²) in [6.45, 7) is 0.935. The predicted molar refractivity (Wildman–Crippen MR) is 93.9 cm³/mol. The van der Waals surface area contributed by atoms with Gasteiger partial charge < -0.3 is 9.47 Å². The van der Waals surface area contributed by atoms with Crippen molar-refractivity contribution in [1.29, 1.82) is 5.26 Å². The Bertz CT molecular complexity index is 1160. The molecule has 0 heterocycles. The highest BCUT2D eigenvalue weighted by atomic mass is 32.2. The number of fused-ring (bicyclic) bond motifs is 1. The van der Waals surface area contributed by atoms with E-state index in [1.807, 2.05) is 0 Å². The summed E-state index contributed by atoms with van der Waals surface area (Å²) in [4.78, 5) is 10.9. The molecule has 1 aliphatic rings. The third-order valence-corrected chi connectivity index (χ3v) is 5.40. The number of alkyl halides is 2. The second kappa shape index (κ2) is 7.08. The van der Waals surface area contributed by atoms with Gasteiger partial charge in [0.05, 0.1) is 16.5 Å². The number of ether oxygens (including phenoxy) is 2. The van der Waals surface area contributed by atoms with Gasteiger partial charge in [-0.05, 0) is 24.3 Å². The largest absolute Gasteiger partial charge is 0.457 e. The molecule has 0 saturated carbocycles. The smallest absolute Gasteiger partial charge is 0.303 e. The Morgan fingerprint density at radius 2 is 1.97 bits per heavy atom. The fraction of sp³-hybridized carbons (Fsp3) is 0.263. The number of carbonyl (C=O) groups excluding carboxylic acids is 1. The lowest BCUT2D eigenvalue weighted by Gasteiger charge is -2.20. The maximum Gasteiger partial charge on any atom is 0.303 e. The molecule has 2 aromatic carbocycles. The third-order valence-electron chi connectivity index (χ3n) is 4.24. The fourth-order valence-corrected chi connectivity index (χ4v) is 4.12. The number of benzene rings is 2. The van der Waals surface area contributed by atoms with Crippen LogP contribution in [-0.2, 0) is 25.8 Å². The van der Waals surface area contributed by atoms with Crippen LogP contribution in [0.1, 0.15) is 29.7 Å². The molecule has 0 aromatic heterocycles. The van der Waals surface area contributed by atoms with Gasteiger partial charge in [0.15, 0.2) is 15.9 Å². The maximum atomic E-state index is 14.6. The Hall–Kier alpha value is -3.06. The molecule has 0 bridgehead atoms. The Balaban J connectivity index is 2.18. The molecule has 0 aliphatic heterocycles. The van der Waals surface area contributed by atoms with E-state index in [1.165, 1.54) is 12.1 Å². The van der Waals surface area contributed by atoms with Crippen LogP contribution in [0.25, 0.3) is 0 Å². The van der Waals surface area contributed by atoms with Crippen molar-refractivity contribution < 1.29 is 35.9 Å². The van der Waals surface area contributed by atoms with Crippen molar-refractivity contribution in [3.63, 3.8) is 0 Å². The van der Waals surface area contributed by atoms with Gasteiger partial charge in [0.2, 0.25) is 0 Å². The topological polar surface area (TPSA) is 93.5 Å². The number of hydrogen-bond acceptors (Lipinski definition) is 6. The number of halogens is 3. The van der Waals surface area contributed by atoms with Crippen LogP contribution in [0.4, 0.5) is 13.2 Å². The number of nitrogens with zero attached hydrogens (tertiary/aromatic N) is 1. The molecule has 6 nitrogen and oxygen atoms in total. The quantitative estimate of drug-likeness (QED) is 0.694. The van der Waals surface area contributed by atoms with E-state index in [0.717, 1.165) is 31.4 Å². The van der Waals surface area contributed by atoms with Crippen LogP contribution in [-0.4, -0.2) is 26.6 Å². The molecule has 0 saturated heterocycles. The first-order valence-corrected chi connectivity index (χ1v) is 10.1. The third kappa shape index (κ3) is 4.05. The Kier molecular flexibility index (Phi) is 5.04. The van der Waals surface area contributed by atoms with Crippen molar-refractivity contribution in [1.82, 2.24) is 0 Å². The Morgan fingerprint density at radius 3 is 2.55 bits per heavy atom. The second-order valence-corrected chi connectivity index (χ2v) is 8.53. The van der Waals surface area contributed by atoms with Gasteiger partial charge in [0.1, 0.15) is 17.3 Å². The molecule has 1 aliphatic carbocycles. The molecule has 10 heteroatoms. The molecule has 152 valence electrons. The Morgan fingerprint density at radius 1 is 1.28 bits per heavy atom. The van der Waals surface area contributed by atoms with Gasteiger partial charge in [-0.25, -0.2) is 21.6 Å². The van der Waals surface area contributed by atoms with Crippen LogP contribution in [0, 0.1) is 17.1 Å². The van der Waals surface area contributed by atoms with Crippen molar-refractivity contribution in [2.24, 2.45) is 0 Å². The highest BCUT2D eigenvalue weighted by Crippen LogP contribution is 2.51. The SMILES string of the molecule is CC(=O)O[C@H]1c2c(S(C)(=O)=O)ccc(Oc3cc(F)cc(C#N)c3)c2CC1(F)F. The molecule has 0 amide bonds. The summed E-state index contributed by atoms with van der Waals surface area (Å²) in [7, 11) is -3.94. The molecular formula is C19H14F3NO5S. The molecule has 29 heavy (non-hydrogen) atoms. The van der Waals surface area contributed by atoms with Gasteiger partial charge in [0.25, 0.3) is 5.92 Å². The van der Waals surface area contributed by atoms with Crippen molar-refractivity contribution in [2.75, 3.05) is 6.26 Å². The van der Waals surface area contributed by atoms with E-state index >= 15 is 0 Å². The van der Waals surface area contributed by atoms with Crippen LogP contribution in [0.2, 0.25) is 0 Å². The van der Waals surface area contributed by atoms with Gasteiger partial charge >= 0.3 is 5.97 Å². The number of hydrogen-bond donors (Lipinski definition) is 0. The highest BCUT2D eigenvalue weighted by molar-refractivity contribution is 7.90. The fourth-order valence-electron chi connectivity index (χ4n) is 3.18. The van der Waals surface area contributed by atoms with E-state index in [2.05, 4.69) is 0 Å². The minimum absolute atomic E-state index is 0.0486. The maximum absolute atomic E-state index is 14.6. The lowest BCUT2D eigenvalue weighted by molar-refractivity contribution is -0.169. The zero-order chi connectivity index (χ0) is 21.6. The van der Waals surface area contributed by atoms with Crippen LogP contribution in [0.5, 0.6) is 11.5 Å². The molecule has 0 unspecified atom stereocenters. The van der Waals surface area contributed by atoms with Crippen molar-refractivity contribution >= 4 is 15.8 Å². The first kappa shape index (κ1) is 20.7. The molecule has 0 radical (unpaired) electrons. The van der Waals surface area contributed by atoms with Gasteiger partial charge in [-0.15, -0.1) is 0 Å². The number of carbonyl (C=O) groups is 1. The lowest BCUT2D eigenvalue weighted by atomic mass is 10.1. The van der Waals surface area contributed by atoms with E-state index in [1.54, 1.807) is 6.07 Å². The van der Waals surface area contributed by atoms with Gasteiger partial charge in [-0.2, -0.15) is 5.26 Å². The zero-order valence-corrected chi connectivity index (χ0v) is 16.0. The first-order chi connectivity index (χ1) is 13.4. The summed E-state index contributed by atoms with van der Waals surface area (Å²) in [6, 6.07) is 7.09. The number of esters is 1. The zero-order valence-electron chi connectivity index (χ0n) is 15.2. The molecule has 3 rings (SSSR count). The molecule has 0 spiro atoms. The lowest BCUT2D eigenvalue weighted by Crippen LogP contribution is -2.26. The van der Waals surface area contributed by atoms with Gasteiger partial charge in [0, 0.05) is 36.8 Å². The summed E-state index contributed by atoms with van der Waals surface area (Å²) < 4.78 is 77.3. The predicted octanol–water partition coefficient (Wildman–Crippen LogP) is 3.69. The number of nitriles is 1. The van der Waals surface area contributed by atoms with Crippen molar-refractivity contribution in [3.8, 4) is 17.6 Å². The molecule has 2 aromatic rings. The number of sulfone groups is 1. The minimum Gasteiger partial charge on any atom is -0.457 e. The minimum atomic E-state index is -3.94. The van der Waals surface area contributed by atoms with E-state index in [9.17, 15) is 26.4 Å². The number of rotatable bonds is 4. The van der Waals surface area contributed by atoms with E-state index in [4.69, 9.17) is 14.7 Å². The average Bonchev–Trinajstić information content (AvgIpc) is 2.84. The summed E-state index contributed by atoms with van der Waals surface area (Å²) in [5.74, 6) is -5.64. The second-order valence-electron chi connectivity index (χ2n) is 6.54. The van der Waals surface area contributed by atoms with Crippen molar-refractivity contribution in [3.05, 3.63) is 52.8 Å². The van der Waals surface area contributed by atoms with Crippen LogP contribution in [0.3, 0.4) is 0 Å². The summed E-state index contributed by atoms with van der Waals surface area (Å²) in [6.07, 6.45) is -2.21. The summed E-state index contributed by atoms with van der Waals surface area (Å²) in [5, 5.41) is 8.93.